The number of para-hydroxylation sites is 1. The molecule has 18 heavy (non-hydrogen) atoms. The van der Waals surface area contributed by atoms with Gasteiger partial charge in [0.1, 0.15) is 0 Å². The zero-order valence-corrected chi connectivity index (χ0v) is 11.2. The van der Waals surface area contributed by atoms with E-state index < -0.39 is 0 Å². The smallest absolute Gasteiger partial charge is 0.0726 e. The minimum absolute atomic E-state index is 0.136. The zero-order valence-electron chi connectivity index (χ0n) is 11.2. The van der Waals surface area contributed by atoms with E-state index in [-0.39, 0.29) is 5.54 Å². The second kappa shape index (κ2) is 4.56. The van der Waals surface area contributed by atoms with E-state index in [9.17, 15) is 0 Å². The summed E-state index contributed by atoms with van der Waals surface area (Å²) in [5, 5.41) is 7.20. The van der Waals surface area contributed by atoms with Crippen molar-refractivity contribution in [2.75, 3.05) is 25.0 Å². The van der Waals surface area contributed by atoms with Gasteiger partial charge in [0.05, 0.1) is 6.10 Å². The molecule has 3 heteroatoms. The van der Waals surface area contributed by atoms with Crippen LogP contribution in [0.5, 0.6) is 0 Å². The van der Waals surface area contributed by atoms with E-state index in [0.717, 1.165) is 26.1 Å². The van der Waals surface area contributed by atoms with E-state index in [1.807, 2.05) is 0 Å². The van der Waals surface area contributed by atoms with Gasteiger partial charge >= 0.3 is 0 Å². The van der Waals surface area contributed by atoms with Gasteiger partial charge in [-0.15, -0.1) is 0 Å². The van der Waals surface area contributed by atoms with Gasteiger partial charge in [-0.3, -0.25) is 0 Å². The molecular weight excluding hydrogens is 224 g/mol. The molecule has 3 rings (SSSR count). The Labute approximate surface area is 109 Å². The highest BCUT2D eigenvalue weighted by molar-refractivity contribution is 5.57. The second-order valence-electron chi connectivity index (χ2n) is 5.73. The minimum Gasteiger partial charge on any atom is -0.384 e. The van der Waals surface area contributed by atoms with Crippen molar-refractivity contribution in [3.63, 3.8) is 0 Å². The number of nitrogens with one attached hydrogen (secondary N) is 2. The summed E-state index contributed by atoms with van der Waals surface area (Å²) in [7, 11) is 0. The molecule has 0 aromatic heterocycles. The van der Waals surface area contributed by atoms with Crippen molar-refractivity contribution in [1.82, 2.24) is 5.32 Å². The number of anilines is 1. The normalized spacial score (nSPS) is 34.3. The van der Waals surface area contributed by atoms with Crippen molar-refractivity contribution < 1.29 is 4.74 Å². The molecule has 3 nitrogen and oxygen atoms in total. The first kappa shape index (κ1) is 12.0. The molecule has 1 saturated heterocycles. The maximum Gasteiger partial charge on any atom is 0.0726 e. The van der Waals surface area contributed by atoms with Crippen LogP contribution in [0, 0.1) is 0 Å². The number of fused-ring (bicyclic) bond motifs is 1. The maximum atomic E-state index is 5.67. The molecular formula is C15H22N2O. The van der Waals surface area contributed by atoms with Crippen molar-refractivity contribution in [2.24, 2.45) is 0 Å². The molecule has 2 N–H and O–H groups in total. The topological polar surface area (TPSA) is 33.3 Å². The van der Waals surface area contributed by atoms with Crippen LogP contribution in [0.1, 0.15) is 31.7 Å². The third-order valence-corrected chi connectivity index (χ3v) is 4.58. The first-order valence-corrected chi connectivity index (χ1v) is 6.88. The number of hydrogen-bond donors (Lipinski definition) is 2. The Kier molecular flexibility index (Phi) is 3.04. The highest BCUT2D eigenvalue weighted by Gasteiger charge is 2.37. The molecule has 2 heterocycles. The number of rotatable bonds is 3. The predicted molar refractivity (Wildman–Crippen MR) is 74.1 cm³/mol. The van der Waals surface area contributed by atoms with Crippen molar-refractivity contribution in [3.8, 4) is 0 Å². The van der Waals surface area contributed by atoms with E-state index in [1.54, 1.807) is 0 Å². The van der Waals surface area contributed by atoms with Gasteiger partial charge in [-0.2, -0.15) is 0 Å². The molecule has 2 aliphatic rings. The molecule has 98 valence electrons. The molecule has 1 aromatic carbocycles. The van der Waals surface area contributed by atoms with Gasteiger partial charge in [-0.25, -0.2) is 0 Å². The molecule has 2 aliphatic heterocycles. The van der Waals surface area contributed by atoms with Crippen molar-refractivity contribution >= 4 is 5.69 Å². The van der Waals surface area contributed by atoms with E-state index in [4.69, 9.17) is 4.74 Å². The maximum absolute atomic E-state index is 5.67. The Hall–Kier alpha value is -1.06. The molecule has 1 fully saturated rings. The fourth-order valence-electron chi connectivity index (χ4n) is 2.96. The SMILES string of the molecule is CC1OCCC1(C)NCC1CNc2ccccc21. The van der Waals surface area contributed by atoms with Crippen LogP contribution in [0.2, 0.25) is 0 Å². The van der Waals surface area contributed by atoms with Crippen molar-refractivity contribution in [3.05, 3.63) is 29.8 Å². The lowest BCUT2D eigenvalue weighted by molar-refractivity contribution is 0.0883. The van der Waals surface area contributed by atoms with E-state index in [0.29, 0.717) is 12.0 Å². The summed E-state index contributed by atoms with van der Waals surface area (Å²) >= 11 is 0. The van der Waals surface area contributed by atoms with Gasteiger partial charge in [0, 0.05) is 36.8 Å². The lowest BCUT2D eigenvalue weighted by Gasteiger charge is -2.30. The molecule has 0 aliphatic carbocycles. The minimum atomic E-state index is 0.136. The van der Waals surface area contributed by atoms with Crippen LogP contribution in [0.3, 0.4) is 0 Å². The largest absolute Gasteiger partial charge is 0.384 e. The van der Waals surface area contributed by atoms with Crippen LogP contribution in [0.25, 0.3) is 0 Å². The standard InChI is InChI=1S/C15H22N2O/c1-11-15(2,7-8-18-11)17-10-12-9-16-14-6-4-3-5-13(12)14/h3-6,11-12,16-17H,7-10H2,1-2H3. The van der Waals surface area contributed by atoms with E-state index >= 15 is 0 Å². The highest BCUT2D eigenvalue weighted by atomic mass is 16.5. The van der Waals surface area contributed by atoms with Crippen molar-refractivity contribution in [1.29, 1.82) is 0 Å². The monoisotopic (exact) mass is 246 g/mol. The van der Waals surface area contributed by atoms with Gasteiger partial charge in [0.2, 0.25) is 0 Å². The van der Waals surface area contributed by atoms with E-state index in [2.05, 4.69) is 48.7 Å². The highest BCUT2D eigenvalue weighted by Crippen LogP contribution is 2.32. The number of hydrogen-bond acceptors (Lipinski definition) is 3. The number of benzene rings is 1. The molecule has 1 aromatic rings. The summed E-state index contributed by atoms with van der Waals surface area (Å²) in [6.07, 6.45) is 1.41. The molecule has 0 spiro atoms. The van der Waals surface area contributed by atoms with Crippen LogP contribution >= 0.6 is 0 Å². The third kappa shape index (κ3) is 2.02. The first-order valence-electron chi connectivity index (χ1n) is 6.88. The molecule has 3 unspecified atom stereocenters. The average molecular weight is 246 g/mol. The molecule has 3 atom stereocenters. The third-order valence-electron chi connectivity index (χ3n) is 4.58. The first-order chi connectivity index (χ1) is 8.69. The Bertz CT molecular complexity index is 434. The second-order valence-corrected chi connectivity index (χ2v) is 5.73. The molecule has 0 amide bonds. The summed E-state index contributed by atoms with van der Waals surface area (Å²) in [5.41, 5.74) is 2.88. The fraction of sp³-hybridized carbons (Fsp3) is 0.600. The Morgan fingerprint density at radius 2 is 2.28 bits per heavy atom. The van der Waals surface area contributed by atoms with Gasteiger partial charge < -0.3 is 15.4 Å². The quantitative estimate of drug-likeness (QED) is 0.859. The Morgan fingerprint density at radius 1 is 1.44 bits per heavy atom. The van der Waals surface area contributed by atoms with Crippen LogP contribution in [-0.4, -0.2) is 31.3 Å². The summed E-state index contributed by atoms with van der Waals surface area (Å²) in [6, 6.07) is 8.62. The van der Waals surface area contributed by atoms with E-state index in [1.165, 1.54) is 11.3 Å². The summed E-state index contributed by atoms with van der Waals surface area (Å²) in [6.45, 7) is 7.38. The Morgan fingerprint density at radius 3 is 3.06 bits per heavy atom. The Balaban J connectivity index is 1.65. The summed E-state index contributed by atoms with van der Waals surface area (Å²) in [4.78, 5) is 0. The summed E-state index contributed by atoms with van der Waals surface area (Å²) < 4.78 is 5.67. The summed E-state index contributed by atoms with van der Waals surface area (Å²) in [5.74, 6) is 0.575. The van der Waals surface area contributed by atoms with Crippen LogP contribution in [0.15, 0.2) is 24.3 Å². The van der Waals surface area contributed by atoms with Gasteiger partial charge in [-0.1, -0.05) is 18.2 Å². The lowest BCUT2D eigenvalue weighted by Crippen LogP contribution is -2.49. The van der Waals surface area contributed by atoms with Crippen LogP contribution in [-0.2, 0) is 4.74 Å². The lowest BCUT2D eigenvalue weighted by atomic mass is 9.93. The molecule has 0 radical (unpaired) electrons. The average Bonchev–Trinajstić information content (AvgIpc) is 2.93. The number of ether oxygens (including phenoxy) is 1. The van der Waals surface area contributed by atoms with Gasteiger partial charge in [-0.05, 0) is 31.9 Å². The molecule has 0 saturated carbocycles. The van der Waals surface area contributed by atoms with Crippen molar-refractivity contribution in [2.45, 2.75) is 37.8 Å². The predicted octanol–water partition coefficient (Wildman–Crippen LogP) is 2.35. The van der Waals surface area contributed by atoms with Gasteiger partial charge in [0.25, 0.3) is 0 Å². The van der Waals surface area contributed by atoms with Gasteiger partial charge in [0.15, 0.2) is 0 Å². The molecule has 0 bridgehead atoms. The van der Waals surface area contributed by atoms with Crippen LogP contribution in [0.4, 0.5) is 5.69 Å². The zero-order chi connectivity index (χ0) is 12.6. The fourth-order valence-corrected chi connectivity index (χ4v) is 2.96. The van der Waals surface area contributed by atoms with Crippen LogP contribution < -0.4 is 10.6 Å².